The van der Waals surface area contributed by atoms with E-state index in [2.05, 4.69) is 13.8 Å². The summed E-state index contributed by atoms with van der Waals surface area (Å²) in [6, 6.07) is 1.25. The van der Waals surface area contributed by atoms with E-state index in [4.69, 9.17) is 21.1 Å². The highest BCUT2D eigenvalue weighted by molar-refractivity contribution is 6.33. The Morgan fingerprint density at radius 2 is 1.91 bits per heavy atom. The van der Waals surface area contributed by atoms with Crippen molar-refractivity contribution in [1.29, 1.82) is 0 Å². The molecule has 7 nitrogen and oxygen atoms in total. The average Bonchev–Trinajstić information content (AvgIpc) is 3.05. The second kappa shape index (κ2) is 7.49. The summed E-state index contributed by atoms with van der Waals surface area (Å²) in [6.45, 7) is 7.45. The van der Waals surface area contributed by atoms with Gasteiger partial charge in [-0.25, -0.2) is 4.79 Å². The first-order valence-electron chi connectivity index (χ1n) is 11.1. The fraction of sp³-hybridized carbons (Fsp3) is 0.708. The van der Waals surface area contributed by atoms with E-state index in [0.29, 0.717) is 12.0 Å². The molecule has 0 heterocycles. The molecule has 8 heteroatoms. The van der Waals surface area contributed by atoms with E-state index in [1.54, 1.807) is 6.92 Å². The summed E-state index contributed by atoms with van der Waals surface area (Å²) in [5.41, 5.74) is -1.93. The van der Waals surface area contributed by atoms with Crippen LogP contribution in [-0.4, -0.2) is 57.9 Å². The standard InChI is InChI=1S/C24H33ClO7/c1-11-18(15(27)6-16(31-5)19(11)25)21(29)32-17-9-23(4)13-8-22(2,3)7-12(13)20(28)14(10-26)24(17,23)30/h6,12-14,17,20,26-28,30H,7-10H2,1-5H3/t12?,13?,14-,17-,20+,23-,24+/m1/s1. The number of carbonyl (C=O) groups is 1. The Kier molecular flexibility index (Phi) is 5.52. The third-order valence-electron chi connectivity index (χ3n) is 8.64. The van der Waals surface area contributed by atoms with Gasteiger partial charge in [-0.15, -0.1) is 0 Å². The molecule has 0 aromatic heterocycles. The number of ether oxygens (including phenoxy) is 2. The quantitative estimate of drug-likeness (QED) is 0.502. The number of aromatic hydroxyl groups is 1. The lowest BCUT2D eigenvalue weighted by molar-refractivity contribution is -0.332. The smallest absolute Gasteiger partial charge is 0.342 e. The predicted molar refractivity (Wildman–Crippen MR) is 118 cm³/mol. The van der Waals surface area contributed by atoms with Crippen LogP contribution >= 0.6 is 11.6 Å². The van der Waals surface area contributed by atoms with E-state index < -0.39 is 41.7 Å². The van der Waals surface area contributed by atoms with E-state index in [9.17, 15) is 25.2 Å². The molecule has 0 bridgehead atoms. The molecular weight excluding hydrogens is 436 g/mol. The molecule has 7 atom stereocenters. The van der Waals surface area contributed by atoms with Gasteiger partial charge < -0.3 is 29.9 Å². The van der Waals surface area contributed by atoms with Crippen molar-refractivity contribution in [3.63, 3.8) is 0 Å². The average molecular weight is 469 g/mol. The Balaban J connectivity index is 1.65. The zero-order valence-electron chi connectivity index (χ0n) is 19.2. The number of methoxy groups -OCH3 is 1. The number of hydrogen-bond acceptors (Lipinski definition) is 7. The van der Waals surface area contributed by atoms with E-state index in [0.717, 1.165) is 12.8 Å². The lowest BCUT2D eigenvalue weighted by atomic mass is 9.40. The largest absolute Gasteiger partial charge is 0.507 e. The Morgan fingerprint density at radius 1 is 1.25 bits per heavy atom. The summed E-state index contributed by atoms with van der Waals surface area (Å²) in [4.78, 5) is 13.1. The fourth-order valence-electron chi connectivity index (χ4n) is 7.00. The maximum atomic E-state index is 13.1. The fourth-order valence-corrected chi connectivity index (χ4v) is 7.22. The van der Waals surface area contributed by atoms with E-state index in [1.165, 1.54) is 13.2 Å². The molecule has 0 amide bonds. The van der Waals surface area contributed by atoms with Crippen molar-refractivity contribution in [2.45, 2.75) is 64.8 Å². The molecule has 1 aromatic carbocycles. The van der Waals surface area contributed by atoms with Gasteiger partial charge in [0.1, 0.15) is 28.8 Å². The van der Waals surface area contributed by atoms with Gasteiger partial charge in [-0.3, -0.25) is 0 Å². The number of halogens is 1. The Labute approximate surface area is 193 Å². The molecule has 3 saturated carbocycles. The third-order valence-corrected chi connectivity index (χ3v) is 9.11. The minimum Gasteiger partial charge on any atom is -0.507 e. The topological polar surface area (TPSA) is 116 Å². The van der Waals surface area contributed by atoms with Crippen molar-refractivity contribution in [2.24, 2.45) is 28.6 Å². The summed E-state index contributed by atoms with van der Waals surface area (Å²) >= 11 is 6.25. The number of phenolic OH excluding ortho intramolecular Hbond substituents is 1. The molecule has 0 saturated heterocycles. The Hall–Kier alpha value is -1.54. The van der Waals surface area contributed by atoms with Crippen molar-refractivity contribution < 1.29 is 34.7 Å². The number of aliphatic hydroxyl groups is 3. The molecule has 3 fully saturated rings. The van der Waals surface area contributed by atoms with Crippen LogP contribution in [0.25, 0.3) is 0 Å². The highest BCUT2D eigenvalue weighted by atomic mass is 35.5. The monoisotopic (exact) mass is 468 g/mol. The first kappa shape index (κ1) is 23.6. The minimum atomic E-state index is -1.57. The van der Waals surface area contributed by atoms with Crippen molar-refractivity contribution in [2.75, 3.05) is 13.7 Å². The molecule has 0 aliphatic heterocycles. The van der Waals surface area contributed by atoms with Crippen molar-refractivity contribution in [1.82, 2.24) is 0 Å². The normalized spacial score (nSPS) is 39.6. The molecule has 1 aromatic rings. The molecule has 4 rings (SSSR count). The first-order chi connectivity index (χ1) is 14.8. The van der Waals surface area contributed by atoms with Gasteiger partial charge in [0.05, 0.1) is 24.8 Å². The number of aliphatic hydroxyl groups excluding tert-OH is 2. The van der Waals surface area contributed by atoms with Crippen LogP contribution in [0.1, 0.15) is 56.0 Å². The third kappa shape index (κ3) is 3.01. The summed E-state index contributed by atoms with van der Waals surface area (Å²) < 4.78 is 10.8. The second-order valence-electron chi connectivity index (χ2n) is 10.9. The molecular formula is C24H33ClO7. The molecule has 32 heavy (non-hydrogen) atoms. The van der Waals surface area contributed by atoms with Crippen LogP contribution < -0.4 is 4.74 Å². The zero-order valence-corrected chi connectivity index (χ0v) is 19.9. The van der Waals surface area contributed by atoms with E-state index >= 15 is 0 Å². The molecule has 178 valence electrons. The van der Waals surface area contributed by atoms with E-state index in [-0.39, 0.29) is 39.3 Å². The number of rotatable bonds is 4. The lowest BCUT2D eigenvalue weighted by Crippen LogP contribution is -2.79. The molecule has 0 radical (unpaired) electrons. The molecule has 3 aliphatic rings. The van der Waals surface area contributed by atoms with E-state index in [1.807, 2.05) is 6.92 Å². The maximum absolute atomic E-state index is 13.1. The van der Waals surface area contributed by atoms with Crippen LogP contribution in [0.2, 0.25) is 5.02 Å². The number of carbonyl (C=O) groups excluding carboxylic acids is 1. The van der Waals surface area contributed by atoms with Crippen LogP contribution in [-0.2, 0) is 4.74 Å². The molecule has 4 N–H and O–H groups in total. The van der Waals surface area contributed by atoms with Crippen LogP contribution in [0.5, 0.6) is 11.5 Å². The van der Waals surface area contributed by atoms with Crippen LogP contribution in [0, 0.1) is 35.5 Å². The second-order valence-corrected chi connectivity index (χ2v) is 11.3. The van der Waals surface area contributed by atoms with Gasteiger partial charge in [-0.05, 0) is 49.0 Å². The molecule has 0 spiro atoms. The number of esters is 1. The van der Waals surface area contributed by atoms with Gasteiger partial charge in [0.15, 0.2) is 0 Å². The molecule has 3 aliphatic carbocycles. The Morgan fingerprint density at radius 3 is 2.50 bits per heavy atom. The number of fused-ring (bicyclic) bond motifs is 3. The number of benzene rings is 1. The lowest BCUT2D eigenvalue weighted by Gasteiger charge is -2.69. The Bertz CT molecular complexity index is 947. The van der Waals surface area contributed by atoms with Crippen molar-refractivity contribution in [3.8, 4) is 11.5 Å². The highest BCUT2D eigenvalue weighted by Crippen LogP contribution is 2.70. The highest BCUT2D eigenvalue weighted by Gasteiger charge is 2.76. The maximum Gasteiger partial charge on any atom is 0.342 e. The van der Waals surface area contributed by atoms with Crippen LogP contribution in [0.4, 0.5) is 0 Å². The summed E-state index contributed by atoms with van der Waals surface area (Å²) in [7, 11) is 1.41. The van der Waals surface area contributed by atoms with Gasteiger partial charge in [0.25, 0.3) is 0 Å². The predicted octanol–water partition coefficient (Wildman–Crippen LogP) is 3.06. The SMILES string of the molecule is COc1cc(O)c(C(=O)O[C@@H]2C[C@]3(C)C4CC(C)(C)CC4[C@H](O)[C@@H](CO)[C@]23O)c(C)c1Cl. The number of phenols is 1. The van der Waals surface area contributed by atoms with Crippen LogP contribution in [0.15, 0.2) is 6.07 Å². The van der Waals surface area contributed by atoms with Crippen molar-refractivity contribution in [3.05, 3.63) is 22.2 Å². The van der Waals surface area contributed by atoms with Crippen LogP contribution in [0.3, 0.4) is 0 Å². The first-order valence-corrected chi connectivity index (χ1v) is 11.5. The minimum absolute atomic E-state index is 0.0178. The van der Waals surface area contributed by atoms with Gasteiger partial charge >= 0.3 is 5.97 Å². The summed E-state index contributed by atoms with van der Waals surface area (Å²) in [6.07, 6.45) is 0.274. The van der Waals surface area contributed by atoms with Gasteiger partial charge in [0, 0.05) is 17.4 Å². The summed E-state index contributed by atoms with van der Waals surface area (Å²) in [5.74, 6) is -1.70. The van der Waals surface area contributed by atoms with Crippen molar-refractivity contribution >= 4 is 17.6 Å². The van der Waals surface area contributed by atoms with Gasteiger partial charge in [-0.1, -0.05) is 32.4 Å². The zero-order chi connectivity index (χ0) is 23.8. The number of hydrogen-bond donors (Lipinski definition) is 4. The van der Waals surface area contributed by atoms with Gasteiger partial charge in [-0.2, -0.15) is 0 Å². The molecule has 2 unspecified atom stereocenters. The van der Waals surface area contributed by atoms with Gasteiger partial charge in [0.2, 0.25) is 0 Å². The summed E-state index contributed by atoms with van der Waals surface area (Å²) in [5, 5.41) is 43.7.